The molecule has 6 nitrogen and oxygen atoms in total. The summed E-state index contributed by atoms with van der Waals surface area (Å²) in [5.74, 6) is 0.793. The molecule has 1 aliphatic rings. The summed E-state index contributed by atoms with van der Waals surface area (Å²) < 4.78 is 71.1. The number of rotatable bonds is 3. The van der Waals surface area contributed by atoms with Crippen molar-refractivity contribution in [1.29, 1.82) is 0 Å². The average Bonchev–Trinajstić information content (AvgIpc) is 2.98. The van der Waals surface area contributed by atoms with E-state index in [4.69, 9.17) is 16.0 Å². The molecule has 29 heavy (non-hydrogen) atoms. The van der Waals surface area contributed by atoms with Gasteiger partial charge in [0, 0.05) is 26.2 Å². The standard InChI is InChI=1S/C18H18ClF3N2O4S/c1-11-9-14(12(2)28-11)17(25)23-5-7-24(8-6-23)29(26,27)13-3-4-16(19)15(10-13)18(20,21)22/h3-4,9-10H,5-8H2,1-2H3. The van der Waals surface area contributed by atoms with Gasteiger partial charge in [-0.3, -0.25) is 4.79 Å². The number of benzene rings is 1. The number of hydrogen-bond donors (Lipinski definition) is 0. The third kappa shape index (κ3) is 4.29. The number of sulfonamides is 1. The summed E-state index contributed by atoms with van der Waals surface area (Å²) in [7, 11) is -4.16. The topological polar surface area (TPSA) is 70.8 Å². The molecule has 1 aromatic heterocycles. The van der Waals surface area contributed by atoms with Gasteiger partial charge in [-0.15, -0.1) is 0 Å². The predicted octanol–water partition coefficient (Wildman–Crippen LogP) is 3.72. The molecule has 0 atom stereocenters. The highest BCUT2D eigenvalue weighted by atomic mass is 35.5. The third-order valence-electron chi connectivity index (χ3n) is 4.68. The fourth-order valence-electron chi connectivity index (χ4n) is 3.18. The van der Waals surface area contributed by atoms with Gasteiger partial charge >= 0.3 is 6.18 Å². The van der Waals surface area contributed by atoms with Crippen LogP contribution in [-0.4, -0.2) is 49.7 Å². The van der Waals surface area contributed by atoms with Gasteiger partial charge in [-0.25, -0.2) is 8.42 Å². The summed E-state index contributed by atoms with van der Waals surface area (Å²) >= 11 is 5.56. The number of nitrogens with zero attached hydrogens (tertiary/aromatic N) is 2. The van der Waals surface area contributed by atoms with E-state index in [0.717, 1.165) is 16.4 Å². The van der Waals surface area contributed by atoms with Gasteiger partial charge in [0.05, 0.1) is 21.0 Å². The molecule has 3 rings (SSSR count). The molecule has 0 aliphatic carbocycles. The Balaban J connectivity index is 1.77. The second-order valence-electron chi connectivity index (χ2n) is 6.66. The first-order valence-electron chi connectivity index (χ1n) is 8.64. The van der Waals surface area contributed by atoms with E-state index in [1.165, 1.54) is 4.90 Å². The zero-order valence-corrected chi connectivity index (χ0v) is 17.2. The lowest BCUT2D eigenvalue weighted by Crippen LogP contribution is -2.50. The van der Waals surface area contributed by atoms with Crippen LogP contribution in [0.25, 0.3) is 0 Å². The largest absolute Gasteiger partial charge is 0.466 e. The number of piperazine rings is 1. The first kappa shape index (κ1) is 21.7. The monoisotopic (exact) mass is 450 g/mol. The Morgan fingerprint density at radius 1 is 1.10 bits per heavy atom. The number of carbonyl (C=O) groups is 1. The Hall–Kier alpha value is -2.04. The molecular formula is C18H18ClF3N2O4S. The Morgan fingerprint density at radius 3 is 2.24 bits per heavy atom. The summed E-state index contributed by atoms with van der Waals surface area (Å²) in [6.07, 6.45) is -4.77. The summed E-state index contributed by atoms with van der Waals surface area (Å²) in [6, 6.07) is 4.11. The number of amides is 1. The van der Waals surface area contributed by atoms with Gasteiger partial charge in [-0.2, -0.15) is 17.5 Å². The van der Waals surface area contributed by atoms with Gasteiger partial charge in [-0.05, 0) is 38.1 Å². The Morgan fingerprint density at radius 2 is 1.72 bits per heavy atom. The molecule has 1 aliphatic heterocycles. The van der Waals surface area contributed by atoms with Crippen LogP contribution in [0.3, 0.4) is 0 Å². The fourth-order valence-corrected chi connectivity index (χ4v) is 4.85. The van der Waals surface area contributed by atoms with E-state index in [0.29, 0.717) is 23.2 Å². The maximum absolute atomic E-state index is 13.1. The van der Waals surface area contributed by atoms with E-state index in [9.17, 15) is 26.4 Å². The molecule has 0 N–H and O–H groups in total. The molecule has 2 aromatic rings. The number of carbonyl (C=O) groups excluding carboxylic acids is 1. The van der Waals surface area contributed by atoms with Crippen molar-refractivity contribution in [1.82, 2.24) is 9.21 Å². The van der Waals surface area contributed by atoms with E-state index in [-0.39, 0.29) is 32.1 Å². The van der Waals surface area contributed by atoms with Gasteiger partial charge in [0.15, 0.2) is 0 Å². The quantitative estimate of drug-likeness (QED) is 0.714. The molecule has 2 heterocycles. The highest BCUT2D eigenvalue weighted by Gasteiger charge is 2.36. The van der Waals surface area contributed by atoms with Crippen LogP contribution in [0.5, 0.6) is 0 Å². The molecule has 11 heteroatoms. The number of aryl methyl sites for hydroxylation is 2. The maximum Gasteiger partial charge on any atom is 0.417 e. The molecule has 1 amide bonds. The summed E-state index contributed by atoms with van der Waals surface area (Å²) in [6.45, 7) is 3.54. The van der Waals surface area contributed by atoms with E-state index in [1.807, 2.05) is 0 Å². The molecule has 0 spiro atoms. The Kier molecular flexibility index (Phi) is 5.72. The maximum atomic E-state index is 13.1. The number of halogens is 4. The SMILES string of the molecule is Cc1cc(C(=O)N2CCN(S(=O)(=O)c3ccc(Cl)c(C(F)(F)F)c3)CC2)c(C)o1. The average molecular weight is 451 g/mol. The van der Waals surface area contributed by atoms with Crippen LogP contribution < -0.4 is 0 Å². The molecule has 0 unspecified atom stereocenters. The fraction of sp³-hybridized carbons (Fsp3) is 0.389. The molecule has 0 bridgehead atoms. The lowest BCUT2D eigenvalue weighted by molar-refractivity contribution is -0.137. The van der Waals surface area contributed by atoms with Gasteiger partial charge in [0.2, 0.25) is 10.0 Å². The second kappa shape index (κ2) is 7.66. The van der Waals surface area contributed by atoms with E-state index >= 15 is 0 Å². The van der Waals surface area contributed by atoms with Crippen molar-refractivity contribution in [3.8, 4) is 0 Å². The molecule has 1 aromatic carbocycles. The van der Waals surface area contributed by atoms with Crippen LogP contribution in [0.15, 0.2) is 33.6 Å². The van der Waals surface area contributed by atoms with Crippen molar-refractivity contribution in [2.45, 2.75) is 24.9 Å². The summed E-state index contributed by atoms with van der Waals surface area (Å²) in [5, 5.41) is -0.572. The molecule has 0 saturated carbocycles. The van der Waals surface area contributed by atoms with Crippen LogP contribution >= 0.6 is 11.6 Å². The highest BCUT2D eigenvalue weighted by molar-refractivity contribution is 7.89. The van der Waals surface area contributed by atoms with Crippen molar-refractivity contribution < 1.29 is 30.8 Å². The van der Waals surface area contributed by atoms with Gasteiger partial charge in [0.1, 0.15) is 11.5 Å². The minimum atomic E-state index is -4.77. The van der Waals surface area contributed by atoms with Crippen LogP contribution in [-0.2, 0) is 16.2 Å². The van der Waals surface area contributed by atoms with E-state index in [1.54, 1.807) is 19.9 Å². The number of furan rings is 1. The zero-order valence-electron chi connectivity index (χ0n) is 15.6. The van der Waals surface area contributed by atoms with Gasteiger partial charge < -0.3 is 9.32 Å². The molecule has 1 saturated heterocycles. The van der Waals surface area contributed by atoms with Crippen LogP contribution in [0.2, 0.25) is 5.02 Å². The van der Waals surface area contributed by atoms with Gasteiger partial charge in [0.25, 0.3) is 5.91 Å². The van der Waals surface area contributed by atoms with Crippen molar-refractivity contribution in [3.05, 3.63) is 51.9 Å². The van der Waals surface area contributed by atoms with Gasteiger partial charge in [-0.1, -0.05) is 11.6 Å². The lowest BCUT2D eigenvalue weighted by Gasteiger charge is -2.34. The van der Waals surface area contributed by atoms with Crippen molar-refractivity contribution in [2.24, 2.45) is 0 Å². The Bertz CT molecular complexity index is 1040. The van der Waals surface area contributed by atoms with E-state index in [2.05, 4.69) is 0 Å². The molecular weight excluding hydrogens is 433 g/mol. The van der Waals surface area contributed by atoms with Crippen molar-refractivity contribution in [3.63, 3.8) is 0 Å². The third-order valence-corrected chi connectivity index (χ3v) is 6.90. The van der Waals surface area contributed by atoms with Crippen molar-refractivity contribution >= 4 is 27.5 Å². The first-order valence-corrected chi connectivity index (χ1v) is 10.5. The predicted molar refractivity (Wildman–Crippen MR) is 99.3 cm³/mol. The highest BCUT2D eigenvalue weighted by Crippen LogP contribution is 2.36. The van der Waals surface area contributed by atoms with Crippen LogP contribution in [0, 0.1) is 13.8 Å². The zero-order chi connectivity index (χ0) is 21.6. The van der Waals surface area contributed by atoms with E-state index < -0.39 is 31.7 Å². The summed E-state index contributed by atoms with van der Waals surface area (Å²) in [5.41, 5.74) is -0.800. The lowest BCUT2D eigenvalue weighted by atomic mass is 10.2. The first-order chi connectivity index (χ1) is 13.4. The molecule has 1 fully saturated rings. The normalized spacial score (nSPS) is 16.3. The van der Waals surface area contributed by atoms with Crippen LogP contribution in [0.4, 0.5) is 13.2 Å². The van der Waals surface area contributed by atoms with Crippen molar-refractivity contribution in [2.75, 3.05) is 26.2 Å². The molecule has 0 radical (unpaired) electrons. The minimum absolute atomic E-state index is 0.0338. The number of hydrogen-bond acceptors (Lipinski definition) is 4. The summed E-state index contributed by atoms with van der Waals surface area (Å²) in [4.78, 5) is 13.6. The smallest absolute Gasteiger partial charge is 0.417 e. The Labute approximate surface area is 170 Å². The number of alkyl halides is 3. The minimum Gasteiger partial charge on any atom is -0.466 e. The van der Waals surface area contributed by atoms with Crippen LogP contribution in [0.1, 0.15) is 27.4 Å². The second-order valence-corrected chi connectivity index (χ2v) is 9.01. The molecule has 158 valence electrons.